The molecule has 0 saturated heterocycles. The van der Waals surface area contributed by atoms with Gasteiger partial charge in [-0.3, -0.25) is 23.1 Å². The molecule has 0 fully saturated rings. The first-order valence-electron chi connectivity index (χ1n) is 11.2. The molecule has 34 heavy (non-hydrogen) atoms. The molecule has 0 radical (unpaired) electrons. The first-order chi connectivity index (χ1) is 16.3. The third kappa shape index (κ3) is 3.06. The summed E-state index contributed by atoms with van der Waals surface area (Å²) in [5.74, 6) is 0.258. The maximum atomic E-state index is 13.6. The van der Waals surface area contributed by atoms with E-state index in [1.165, 1.54) is 11.5 Å². The van der Waals surface area contributed by atoms with Crippen LogP contribution in [0.4, 0.5) is 0 Å². The first-order valence-corrected chi connectivity index (χ1v) is 11.2. The molecule has 0 aliphatic carbocycles. The highest BCUT2D eigenvalue weighted by molar-refractivity contribution is 5.82. The number of Topliss-reactive ketones (excluding diaryl/α,β-unsaturated/α-hetero) is 1. The largest absolute Gasteiger partial charge is 0.333 e. The summed E-state index contributed by atoms with van der Waals surface area (Å²) in [7, 11) is 1.57. The Labute approximate surface area is 195 Å². The smallest absolute Gasteiger partial charge is 0.298 e. The Morgan fingerprint density at radius 1 is 1.03 bits per heavy atom. The van der Waals surface area contributed by atoms with Gasteiger partial charge in [0.1, 0.15) is 0 Å². The number of para-hydroxylation sites is 1. The van der Waals surface area contributed by atoms with E-state index in [4.69, 9.17) is 4.98 Å². The molecule has 0 aliphatic heterocycles. The van der Waals surface area contributed by atoms with Crippen LogP contribution in [-0.4, -0.2) is 28.9 Å². The molecule has 0 N–H and O–H groups in total. The van der Waals surface area contributed by atoms with E-state index in [9.17, 15) is 14.4 Å². The average Bonchev–Trinajstić information content (AvgIpc) is 3.39. The Kier molecular flexibility index (Phi) is 5.08. The lowest BCUT2D eigenvalue weighted by Gasteiger charge is -2.13. The third-order valence-corrected chi connectivity index (χ3v) is 6.46. The second kappa shape index (κ2) is 7.98. The van der Waals surface area contributed by atoms with Gasteiger partial charge in [-0.25, -0.2) is 9.36 Å². The SMILES string of the molecule is CCc1ccccc1-n1c(-c2ccccc2)cn2c3c(=O)n([C@H](C)C(C)=O)c(=O)n(C)c3nc12. The Morgan fingerprint density at radius 3 is 2.38 bits per heavy atom. The number of rotatable bonds is 5. The van der Waals surface area contributed by atoms with Gasteiger partial charge in [0.05, 0.1) is 17.4 Å². The third-order valence-electron chi connectivity index (χ3n) is 6.46. The van der Waals surface area contributed by atoms with Crippen LogP contribution < -0.4 is 11.2 Å². The Balaban J connectivity index is 1.97. The molecule has 8 nitrogen and oxygen atoms in total. The summed E-state index contributed by atoms with van der Waals surface area (Å²) in [6.07, 6.45) is 2.69. The molecule has 8 heteroatoms. The van der Waals surface area contributed by atoms with E-state index >= 15 is 0 Å². The van der Waals surface area contributed by atoms with E-state index in [1.807, 2.05) is 59.3 Å². The second-order valence-corrected chi connectivity index (χ2v) is 8.46. The number of hydrogen-bond acceptors (Lipinski definition) is 4. The van der Waals surface area contributed by atoms with Crippen molar-refractivity contribution in [1.82, 2.24) is 23.1 Å². The van der Waals surface area contributed by atoms with Gasteiger partial charge in [0.25, 0.3) is 5.56 Å². The van der Waals surface area contributed by atoms with E-state index in [2.05, 4.69) is 13.0 Å². The maximum Gasteiger partial charge on any atom is 0.333 e. The van der Waals surface area contributed by atoms with Crippen molar-refractivity contribution in [2.45, 2.75) is 33.2 Å². The molecule has 172 valence electrons. The zero-order valence-corrected chi connectivity index (χ0v) is 19.5. The minimum atomic E-state index is -0.877. The van der Waals surface area contributed by atoms with Crippen LogP contribution in [0.15, 0.2) is 70.4 Å². The molecule has 0 unspecified atom stereocenters. The molecule has 3 aromatic heterocycles. The molecule has 1 atom stereocenters. The van der Waals surface area contributed by atoms with Crippen molar-refractivity contribution in [2.75, 3.05) is 0 Å². The van der Waals surface area contributed by atoms with Crippen LogP contribution in [0.2, 0.25) is 0 Å². The van der Waals surface area contributed by atoms with Gasteiger partial charge in [-0.15, -0.1) is 0 Å². The molecule has 5 aromatic rings. The molecular weight excluding hydrogens is 430 g/mol. The van der Waals surface area contributed by atoms with Crippen molar-refractivity contribution in [3.63, 3.8) is 0 Å². The number of imidazole rings is 2. The zero-order chi connectivity index (χ0) is 24.1. The molecule has 0 saturated carbocycles. The highest BCUT2D eigenvalue weighted by Crippen LogP contribution is 2.30. The maximum absolute atomic E-state index is 13.6. The molecule has 5 rings (SSSR count). The van der Waals surface area contributed by atoms with Gasteiger partial charge in [0, 0.05) is 18.8 Å². The Hall–Kier alpha value is -4.20. The lowest BCUT2D eigenvalue weighted by atomic mass is 10.1. The summed E-state index contributed by atoms with van der Waals surface area (Å²) in [5, 5.41) is 0. The van der Waals surface area contributed by atoms with Gasteiger partial charge in [-0.2, -0.15) is 4.98 Å². The standard InChI is InChI=1S/C26H25N5O3/c1-5-18-11-9-10-14-20(18)31-21(19-12-7-6-8-13-19)15-29-22-23(27-25(29)31)28(4)26(34)30(24(22)33)16(2)17(3)32/h6-16H,5H2,1-4H3/t16-/m1/s1. The highest BCUT2D eigenvalue weighted by Gasteiger charge is 2.25. The van der Waals surface area contributed by atoms with E-state index < -0.39 is 17.3 Å². The number of hydrogen-bond donors (Lipinski definition) is 0. The van der Waals surface area contributed by atoms with Gasteiger partial charge in [-0.05, 0) is 31.9 Å². The fraction of sp³-hybridized carbons (Fsp3) is 0.231. The molecule has 0 bridgehead atoms. The van der Waals surface area contributed by atoms with Crippen LogP contribution in [0, 0.1) is 0 Å². The quantitative estimate of drug-likeness (QED) is 0.406. The number of carbonyl (C=O) groups excluding carboxylic acids is 1. The van der Waals surface area contributed by atoms with Crippen molar-refractivity contribution in [2.24, 2.45) is 7.05 Å². The summed E-state index contributed by atoms with van der Waals surface area (Å²) < 4.78 is 6.10. The fourth-order valence-corrected chi connectivity index (χ4v) is 4.46. The van der Waals surface area contributed by atoms with E-state index in [1.54, 1.807) is 18.4 Å². The van der Waals surface area contributed by atoms with Gasteiger partial charge in [-0.1, -0.05) is 55.5 Å². The predicted octanol–water partition coefficient (Wildman–Crippen LogP) is 3.52. The zero-order valence-electron chi connectivity index (χ0n) is 19.5. The molecule has 0 spiro atoms. The van der Waals surface area contributed by atoms with Crippen LogP contribution in [0.25, 0.3) is 33.9 Å². The molecule has 0 amide bonds. The summed E-state index contributed by atoms with van der Waals surface area (Å²) >= 11 is 0. The summed E-state index contributed by atoms with van der Waals surface area (Å²) in [6.45, 7) is 5.03. The number of fused-ring (bicyclic) bond motifs is 3. The first kappa shape index (κ1) is 21.6. The van der Waals surface area contributed by atoms with Crippen molar-refractivity contribution in [1.29, 1.82) is 0 Å². The molecule has 2 aromatic carbocycles. The van der Waals surface area contributed by atoms with Crippen molar-refractivity contribution < 1.29 is 4.79 Å². The van der Waals surface area contributed by atoms with Crippen LogP contribution in [0.1, 0.15) is 32.4 Å². The van der Waals surface area contributed by atoms with Crippen LogP contribution in [0.3, 0.4) is 0 Å². The number of benzene rings is 2. The second-order valence-electron chi connectivity index (χ2n) is 8.46. The normalized spacial score (nSPS) is 12.5. The summed E-state index contributed by atoms with van der Waals surface area (Å²) in [4.78, 5) is 43.4. The number of aromatic nitrogens is 5. The summed E-state index contributed by atoms with van der Waals surface area (Å²) in [5.41, 5.74) is 3.35. The monoisotopic (exact) mass is 455 g/mol. The van der Waals surface area contributed by atoms with Gasteiger partial charge in [0.2, 0.25) is 5.78 Å². The number of aryl methyl sites for hydroxylation is 2. The van der Waals surface area contributed by atoms with E-state index in [0.717, 1.165) is 33.5 Å². The van der Waals surface area contributed by atoms with Crippen LogP contribution in [0.5, 0.6) is 0 Å². The molecule has 3 heterocycles. The minimum absolute atomic E-state index is 0.259. The molecular formula is C26H25N5O3. The number of ketones is 1. The molecule has 0 aliphatic rings. The fourth-order valence-electron chi connectivity index (χ4n) is 4.46. The van der Waals surface area contributed by atoms with Crippen molar-refractivity contribution in [3.8, 4) is 16.9 Å². The van der Waals surface area contributed by atoms with Crippen molar-refractivity contribution in [3.05, 3.63) is 87.2 Å². The number of nitrogens with zero attached hydrogens (tertiary/aromatic N) is 5. The Bertz CT molecular complexity index is 1690. The van der Waals surface area contributed by atoms with Gasteiger partial charge < -0.3 is 0 Å². The van der Waals surface area contributed by atoms with Crippen molar-refractivity contribution >= 4 is 22.7 Å². The topological polar surface area (TPSA) is 83.3 Å². The lowest BCUT2D eigenvalue weighted by Crippen LogP contribution is -2.42. The minimum Gasteiger partial charge on any atom is -0.298 e. The van der Waals surface area contributed by atoms with Gasteiger partial charge in [0.15, 0.2) is 16.9 Å². The Morgan fingerprint density at radius 2 is 1.71 bits per heavy atom. The van der Waals surface area contributed by atoms with E-state index in [-0.39, 0.29) is 16.9 Å². The van der Waals surface area contributed by atoms with Crippen LogP contribution >= 0.6 is 0 Å². The predicted molar refractivity (Wildman–Crippen MR) is 132 cm³/mol. The summed E-state index contributed by atoms with van der Waals surface area (Å²) in [6, 6.07) is 17.1. The van der Waals surface area contributed by atoms with Gasteiger partial charge >= 0.3 is 5.69 Å². The van der Waals surface area contributed by atoms with E-state index in [0.29, 0.717) is 5.78 Å². The average molecular weight is 456 g/mol. The van der Waals surface area contributed by atoms with Crippen LogP contribution in [-0.2, 0) is 18.3 Å². The lowest BCUT2D eigenvalue weighted by molar-refractivity contribution is -0.119. The number of carbonyl (C=O) groups is 1. The highest BCUT2D eigenvalue weighted by atomic mass is 16.2.